The van der Waals surface area contributed by atoms with Crippen LogP contribution in [0.4, 0.5) is 0 Å². The summed E-state index contributed by atoms with van der Waals surface area (Å²) in [6.45, 7) is 11.5. The SMILES string of the molecule is C=C/C=C(\C=C)CPCc1ccccc1.CC. The van der Waals surface area contributed by atoms with Crippen LogP contribution >= 0.6 is 8.58 Å². The standard InChI is InChI=1S/C14H17P.C2H6/c1-3-8-13(4-2)11-15-12-14-9-6-5-7-10-14;1-2/h3-10,15H,1-2,11-12H2;1-2H3/b13-8+;. The Morgan fingerprint density at radius 1 is 1.18 bits per heavy atom. The average Bonchev–Trinajstić information content (AvgIpc) is 2.41. The predicted molar refractivity (Wildman–Crippen MR) is 83.2 cm³/mol. The zero-order chi connectivity index (χ0) is 12.9. The van der Waals surface area contributed by atoms with Crippen molar-refractivity contribution in [3.8, 4) is 0 Å². The molecule has 0 aliphatic carbocycles. The fourth-order valence-corrected chi connectivity index (χ4v) is 2.50. The van der Waals surface area contributed by atoms with Gasteiger partial charge in [0.15, 0.2) is 0 Å². The number of allylic oxidation sites excluding steroid dienone is 4. The molecule has 0 aliphatic heterocycles. The Morgan fingerprint density at radius 2 is 1.82 bits per heavy atom. The van der Waals surface area contributed by atoms with Gasteiger partial charge in [0.2, 0.25) is 0 Å². The number of rotatable bonds is 6. The number of hydrogen-bond donors (Lipinski definition) is 0. The lowest BCUT2D eigenvalue weighted by Crippen LogP contribution is -1.83. The van der Waals surface area contributed by atoms with Crippen LogP contribution < -0.4 is 0 Å². The molecule has 0 aliphatic rings. The molecule has 1 heteroatoms. The van der Waals surface area contributed by atoms with Gasteiger partial charge in [-0.3, -0.25) is 0 Å². The minimum atomic E-state index is 0.919. The normalized spacial score (nSPS) is 10.8. The highest BCUT2D eigenvalue weighted by Crippen LogP contribution is 2.21. The molecule has 92 valence electrons. The van der Waals surface area contributed by atoms with Gasteiger partial charge in [-0.25, -0.2) is 0 Å². The zero-order valence-corrected chi connectivity index (χ0v) is 11.9. The summed E-state index contributed by atoms with van der Waals surface area (Å²) < 4.78 is 0. The third-order valence-electron chi connectivity index (χ3n) is 2.10. The van der Waals surface area contributed by atoms with Crippen molar-refractivity contribution >= 4 is 8.58 Å². The van der Waals surface area contributed by atoms with Gasteiger partial charge in [-0.05, 0) is 23.5 Å². The molecule has 1 aromatic carbocycles. The first-order chi connectivity index (χ1) is 8.36. The van der Waals surface area contributed by atoms with Gasteiger partial charge in [0, 0.05) is 0 Å². The first-order valence-corrected chi connectivity index (χ1v) is 7.47. The summed E-state index contributed by atoms with van der Waals surface area (Å²) >= 11 is 0. The van der Waals surface area contributed by atoms with E-state index in [0.29, 0.717) is 0 Å². The molecule has 1 rings (SSSR count). The topological polar surface area (TPSA) is 0 Å². The highest BCUT2D eigenvalue weighted by atomic mass is 31.1. The van der Waals surface area contributed by atoms with Crippen LogP contribution in [0.2, 0.25) is 0 Å². The van der Waals surface area contributed by atoms with E-state index in [-0.39, 0.29) is 0 Å². The molecule has 0 saturated heterocycles. The van der Waals surface area contributed by atoms with E-state index in [4.69, 9.17) is 0 Å². The van der Waals surface area contributed by atoms with Gasteiger partial charge >= 0.3 is 0 Å². The molecule has 1 unspecified atom stereocenters. The van der Waals surface area contributed by atoms with Crippen LogP contribution in [0.25, 0.3) is 0 Å². The second-order valence-electron chi connectivity index (χ2n) is 3.27. The maximum absolute atomic E-state index is 3.79. The van der Waals surface area contributed by atoms with Gasteiger partial charge in [0.1, 0.15) is 0 Å². The molecule has 0 spiro atoms. The van der Waals surface area contributed by atoms with Gasteiger partial charge < -0.3 is 0 Å². The molecule has 0 amide bonds. The Morgan fingerprint density at radius 3 is 2.35 bits per heavy atom. The van der Waals surface area contributed by atoms with Gasteiger partial charge in [-0.1, -0.05) is 75.6 Å². The number of hydrogen-bond acceptors (Lipinski definition) is 0. The van der Waals surface area contributed by atoms with E-state index < -0.39 is 0 Å². The van der Waals surface area contributed by atoms with Gasteiger partial charge in [0.25, 0.3) is 0 Å². The highest BCUT2D eigenvalue weighted by molar-refractivity contribution is 7.37. The second kappa shape index (κ2) is 11.4. The maximum Gasteiger partial charge on any atom is -0.00976 e. The van der Waals surface area contributed by atoms with E-state index in [1.54, 1.807) is 0 Å². The second-order valence-corrected chi connectivity index (χ2v) is 4.48. The quantitative estimate of drug-likeness (QED) is 0.478. The number of benzene rings is 1. The van der Waals surface area contributed by atoms with Crippen LogP contribution in [-0.2, 0) is 6.16 Å². The van der Waals surface area contributed by atoms with Crippen LogP contribution in [-0.4, -0.2) is 6.16 Å². The fraction of sp³-hybridized carbons (Fsp3) is 0.250. The first kappa shape index (κ1) is 15.9. The van der Waals surface area contributed by atoms with Crippen molar-refractivity contribution in [3.63, 3.8) is 0 Å². The predicted octanol–water partition coefficient (Wildman–Crippen LogP) is 5.19. The van der Waals surface area contributed by atoms with E-state index in [1.807, 2.05) is 32.1 Å². The molecule has 0 N–H and O–H groups in total. The van der Waals surface area contributed by atoms with Crippen LogP contribution in [0, 0.1) is 0 Å². The maximum atomic E-state index is 3.79. The molecule has 0 bridgehead atoms. The van der Waals surface area contributed by atoms with E-state index in [2.05, 4.69) is 43.5 Å². The van der Waals surface area contributed by atoms with Gasteiger partial charge in [0.05, 0.1) is 0 Å². The summed E-state index contributed by atoms with van der Waals surface area (Å²) in [4.78, 5) is 0. The zero-order valence-electron chi connectivity index (χ0n) is 10.9. The summed E-state index contributed by atoms with van der Waals surface area (Å²) in [5.41, 5.74) is 2.69. The Bertz CT molecular complexity index is 336. The molecule has 17 heavy (non-hydrogen) atoms. The van der Waals surface area contributed by atoms with Crippen molar-refractivity contribution in [2.45, 2.75) is 20.0 Å². The van der Waals surface area contributed by atoms with Crippen molar-refractivity contribution in [2.75, 3.05) is 6.16 Å². The molecular formula is C16H23P. The van der Waals surface area contributed by atoms with Crippen LogP contribution in [0.3, 0.4) is 0 Å². The lowest BCUT2D eigenvalue weighted by molar-refractivity contribution is 1.39. The molecule has 0 fully saturated rings. The van der Waals surface area contributed by atoms with Crippen LogP contribution in [0.1, 0.15) is 19.4 Å². The molecule has 1 atom stereocenters. The first-order valence-electron chi connectivity index (χ1n) is 6.05. The van der Waals surface area contributed by atoms with Crippen molar-refractivity contribution in [2.24, 2.45) is 0 Å². The molecule has 0 heterocycles. The Hall–Kier alpha value is -1.13. The molecular weight excluding hydrogens is 223 g/mol. The third kappa shape index (κ3) is 7.71. The molecule has 1 aromatic rings. The highest BCUT2D eigenvalue weighted by Gasteiger charge is 1.93. The fourth-order valence-electron chi connectivity index (χ4n) is 1.30. The van der Waals surface area contributed by atoms with Gasteiger partial charge in [-0.2, -0.15) is 0 Å². The lowest BCUT2D eigenvalue weighted by atomic mass is 10.2. The van der Waals surface area contributed by atoms with Crippen molar-refractivity contribution in [3.05, 3.63) is 72.9 Å². The summed E-state index contributed by atoms with van der Waals surface area (Å²) in [6, 6.07) is 10.6. The monoisotopic (exact) mass is 246 g/mol. The van der Waals surface area contributed by atoms with Crippen molar-refractivity contribution in [1.82, 2.24) is 0 Å². The van der Waals surface area contributed by atoms with Crippen LogP contribution in [0.5, 0.6) is 0 Å². The average molecular weight is 246 g/mol. The van der Waals surface area contributed by atoms with Crippen molar-refractivity contribution in [1.29, 1.82) is 0 Å². The summed E-state index contributed by atoms with van der Waals surface area (Å²) in [7, 11) is 0.919. The Balaban J connectivity index is 0.00000121. The van der Waals surface area contributed by atoms with E-state index >= 15 is 0 Å². The molecule has 0 radical (unpaired) electrons. The van der Waals surface area contributed by atoms with E-state index in [9.17, 15) is 0 Å². The minimum Gasteiger partial charge on any atom is -0.113 e. The largest absolute Gasteiger partial charge is 0.113 e. The Labute approximate surface area is 108 Å². The Kier molecular flexibility index (Phi) is 10.6. The van der Waals surface area contributed by atoms with E-state index in [1.165, 1.54) is 11.1 Å². The summed E-state index contributed by atoms with van der Waals surface area (Å²) in [5.74, 6) is 0. The van der Waals surface area contributed by atoms with E-state index in [0.717, 1.165) is 20.9 Å². The van der Waals surface area contributed by atoms with Crippen molar-refractivity contribution < 1.29 is 0 Å². The third-order valence-corrected chi connectivity index (χ3v) is 3.41. The van der Waals surface area contributed by atoms with Gasteiger partial charge in [-0.15, -0.1) is 8.58 Å². The minimum absolute atomic E-state index is 0.919. The summed E-state index contributed by atoms with van der Waals surface area (Å²) in [5, 5.41) is 0. The van der Waals surface area contributed by atoms with Crippen LogP contribution in [0.15, 0.2) is 67.3 Å². The summed E-state index contributed by atoms with van der Waals surface area (Å²) in [6.07, 6.45) is 8.03. The smallest absolute Gasteiger partial charge is 0.00976 e. The molecule has 0 saturated carbocycles. The molecule has 0 nitrogen and oxygen atoms in total. The lowest BCUT2D eigenvalue weighted by Gasteiger charge is -2.02. The molecule has 0 aromatic heterocycles.